The molecule has 0 amide bonds. The average Bonchev–Trinajstić information content (AvgIpc) is 3.04. The summed E-state index contributed by atoms with van der Waals surface area (Å²) in [6.07, 6.45) is 6.90. The first-order valence-corrected chi connectivity index (χ1v) is 9.40. The van der Waals surface area contributed by atoms with E-state index in [2.05, 4.69) is 32.9 Å². The number of phenols is 3. The SMILES string of the molecule is CC(C)=CCC/C(C)=C/Cc1c(O)ccc2cc(-c3cc(O)cc(O)c3)oc12. The summed E-state index contributed by atoms with van der Waals surface area (Å²) in [6.45, 7) is 6.29. The molecule has 1 heterocycles. The molecule has 0 aliphatic rings. The summed E-state index contributed by atoms with van der Waals surface area (Å²) in [5, 5.41) is 30.7. The predicted octanol–water partition coefficient (Wildman–Crippen LogP) is 6.45. The normalized spacial score (nSPS) is 11.8. The fraction of sp³-hybridized carbons (Fsp3) is 0.250. The molecule has 0 fully saturated rings. The molecule has 3 rings (SSSR count). The molecule has 146 valence electrons. The second kappa shape index (κ2) is 8.26. The van der Waals surface area contributed by atoms with E-state index in [-0.39, 0.29) is 17.2 Å². The summed E-state index contributed by atoms with van der Waals surface area (Å²) in [4.78, 5) is 0. The lowest BCUT2D eigenvalue weighted by Crippen LogP contribution is -1.86. The minimum atomic E-state index is -0.0338. The van der Waals surface area contributed by atoms with Crippen molar-refractivity contribution in [3.05, 3.63) is 65.3 Å². The van der Waals surface area contributed by atoms with Crippen molar-refractivity contribution in [2.45, 2.75) is 40.0 Å². The predicted molar refractivity (Wildman–Crippen MR) is 113 cm³/mol. The molecule has 0 saturated heterocycles. The zero-order valence-corrected chi connectivity index (χ0v) is 16.5. The van der Waals surface area contributed by atoms with Crippen LogP contribution in [0.2, 0.25) is 0 Å². The average molecular weight is 378 g/mol. The molecule has 0 unspecified atom stereocenters. The van der Waals surface area contributed by atoms with Gasteiger partial charge < -0.3 is 19.7 Å². The van der Waals surface area contributed by atoms with Gasteiger partial charge in [-0.05, 0) is 70.4 Å². The molecule has 4 nitrogen and oxygen atoms in total. The van der Waals surface area contributed by atoms with E-state index in [1.54, 1.807) is 12.1 Å². The Kier molecular flexibility index (Phi) is 5.78. The monoisotopic (exact) mass is 378 g/mol. The third-order valence-corrected chi connectivity index (χ3v) is 4.70. The summed E-state index contributed by atoms with van der Waals surface area (Å²) in [5.41, 5.74) is 4.50. The van der Waals surface area contributed by atoms with Gasteiger partial charge in [-0.15, -0.1) is 0 Å². The van der Waals surface area contributed by atoms with Crippen LogP contribution in [0.3, 0.4) is 0 Å². The third kappa shape index (κ3) is 4.58. The van der Waals surface area contributed by atoms with E-state index >= 15 is 0 Å². The summed E-state index contributed by atoms with van der Waals surface area (Å²) in [5.74, 6) is 0.653. The standard InChI is InChI=1S/C24H26O4/c1-15(2)5-4-6-16(3)7-9-21-22(27)10-8-17-13-23(28-24(17)21)18-11-19(25)14-20(26)12-18/h5,7-8,10-14,25-27H,4,6,9H2,1-3H3/b16-7+. The van der Waals surface area contributed by atoms with Gasteiger partial charge in [-0.1, -0.05) is 23.3 Å². The van der Waals surface area contributed by atoms with Crippen LogP contribution in [-0.2, 0) is 6.42 Å². The van der Waals surface area contributed by atoms with E-state index in [0.29, 0.717) is 23.3 Å². The van der Waals surface area contributed by atoms with Gasteiger partial charge in [0.15, 0.2) is 0 Å². The lowest BCUT2D eigenvalue weighted by molar-refractivity contribution is 0.450. The number of hydrogen-bond acceptors (Lipinski definition) is 4. The Bertz CT molecular complexity index is 1030. The van der Waals surface area contributed by atoms with Gasteiger partial charge in [-0.2, -0.15) is 0 Å². The van der Waals surface area contributed by atoms with Crippen LogP contribution in [0.4, 0.5) is 0 Å². The van der Waals surface area contributed by atoms with Gasteiger partial charge in [-0.3, -0.25) is 0 Å². The highest BCUT2D eigenvalue weighted by atomic mass is 16.3. The summed E-state index contributed by atoms with van der Waals surface area (Å²) < 4.78 is 6.00. The highest BCUT2D eigenvalue weighted by Crippen LogP contribution is 2.36. The second-order valence-corrected chi connectivity index (χ2v) is 7.41. The Morgan fingerprint density at radius 3 is 2.32 bits per heavy atom. The Labute approximate surface area is 165 Å². The van der Waals surface area contributed by atoms with E-state index in [0.717, 1.165) is 23.8 Å². The number of rotatable bonds is 6. The van der Waals surface area contributed by atoms with E-state index < -0.39 is 0 Å². The van der Waals surface area contributed by atoms with Crippen LogP contribution in [0.15, 0.2) is 64.1 Å². The van der Waals surface area contributed by atoms with E-state index in [1.165, 1.54) is 29.3 Å². The van der Waals surface area contributed by atoms with Crippen LogP contribution in [-0.4, -0.2) is 15.3 Å². The highest BCUT2D eigenvalue weighted by molar-refractivity contribution is 5.87. The lowest BCUT2D eigenvalue weighted by atomic mass is 10.0. The molecule has 3 aromatic rings. The van der Waals surface area contributed by atoms with Gasteiger partial charge in [0.05, 0.1) is 0 Å². The molecule has 0 radical (unpaired) electrons. The molecule has 3 N–H and O–H groups in total. The highest BCUT2D eigenvalue weighted by Gasteiger charge is 2.14. The van der Waals surface area contributed by atoms with Crippen molar-refractivity contribution >= 4 is 11.0 Å². The van der Waals surface area contributed by atoms with Gasteiger partial charge in [0.2, 0.25) is 0 Å². The minimum Gasteiger partial charge on any atom is -0.508 e. The number of benzene rings is 2. The van der Waals surface area contributed by atoms with Crippen LogP contribution in [0.25, 0.3) is 22.3 Å². The van der Waals surface area contributed by atoms with Crippen molar-refractivity contribution in [3.63, 3.8) is 0 Å². The summed E-state index contributed by atoms with van der Waals surface area (Å²) in [6, 6.07) is 9.65. The van der Waals surface area contributed by atoms with E-state index in [1.807, 2.05) is 6.07 Å². The maximum atomic E-state index is 10.4. The van der Waals surface area contributed by atoms with Crippen LogP contribution in [0, 0.1) is 0 Å². The molecule has 0 aliphatic heterocycles. The van der Waals surface area contributed by atoms with Crippen molar-refractivity contribution < 1.29 is 19.7 Å². The molecular weight excluding hydrogens is 352 g/mol. The van der Waals surface area contributed by atoms with Gasteiger partial charge in [0, 0.05) is 22.6 Å². The fourth-order valence-electron chi connectivity index (χ4n) is 3.19. The van der Waals surface area contributed by atoms with Gasteiger partial charge >= 0.3 is 0 Å². The number of hydrogen-bond donors (Lipinski definition) is 3. The molecule has 4 heteroatoms. The molecule has 2 aromatic carbocycles. The molecule has 1 aromatic heterocycles. The van der Waals surface area contributed by atoms with Crippen LogP contribution >= 0.6 is 0 Å². The lowest BCUT2D eigenvalue weighted by Gasteiger charge is -2.04. The van der Waals surface area contributed by atoms with Crippen molar-refractivity contribution in [2.24, 2.45) is 0 Å². The Morgan fingerprint density at radius 1 is 0.929 bits per heavy atom. The number of furan rings is 1. The molecule has 0 atom stereocenters. The maximum absolute atomic E-state index is 10.4. The number of phenolic OH excluding ortho intramolecular Hbond substituents is 3. The van der Waals surface area contributed by atoms with Crippen molar-refractivity contribution in [1.29, 1.82) is 0 Å². The summed E-state index contributed by atoms with van der Waals surface area (Å²) >= 11 is 0. The summed E-state index contributed by atoms with van der Waals surface area (Å²) in [7, 11) is 0. The first kappa shape index (κ1) is 19.6. The number of allylic oxidation sites excluding steroid dienone is 4. The second-order valence-electron chi connectivity index (χ2n) is 7.41. The smallest absolute Gasteiger partial charge is 0.142 e. The van der Waals surface area contributed by atoms with E-state index in [9.17, 15) is 15.3 Å². The first-order chi connectivity index (χ1) is 13.3. The zero-order chi connectivity index (χ0) is 20.3. The fourth-order valence-corrected chi connectivity index (χ4v) is 3.19. The molecule has 0 saturated carbocycles. The largest absolute Gasteiger partial charge is 0.508 e. The quantitative estimate of drug-likeness (QED) is 0.431. The Morgan fingerprint density at radius 2 is 1.64 bits per heavy atom. The topological polar surface area (TPSA) is 73.8 Å². The number of aromatic hydroxyl groups is 3. The van der Waals surface area contributed by atoms with Crippen LogP contribution in [0.1, 0.15) is 39.2 Å². The van der Waals surface area contributed by atoms with Gasteiger partial charge in [0.1, 0.15) is 28.6 Å². The van der Waals surface area contributed by atoms with Crippen LogP contribution < -0.4 is 0 Å². The first-order valence-electron chi connectivity index (χ1n) is 9.40. The Balaban J connectivity index is 1.91. The zero-order valence-electron chi connectivity index (χ0n) is 16.5. The number of fused-ring (bicyclic) bond motifs is 1. The Hall–Kier alpha value is -3.14. The maximum Gasteiger partial charge on any atom is 0.142 e. The van der Waals surface area contributed by atoms with Gasteiger partial charge in [0.25, 0.3) is 0 Å². The molecule has 0 spiro atoms. The van der Waals surface area contributed by atoms with Crippen molar-refractivity contribution in [1.82, 2.24) is 0 Å². The van der Waals surface area contributed by atoms with E-state index in [4.69, 9.17) is 4.42 Å². The molecule has 28 heavy (non-hydrogen) atoms. The molecule has 0 aliphatic carbocycles. The van der Waals surface area contributed by atoms with Crippen molar-refractivity contribution in [3.8, 4) is 28.6 Å². The van der Waals surface area contributed by atoms with Gasteiger partial charge in [-0.25, -0.2) is 0 Å². The third-order valence-electron chi connectivity index (χ3n) is 4.70. The molecular formula is C24H26O4. The minimum absolute atomic E-state index is 0.0338. The van der Waals surface area contributed by atoms with Crippen molar-refractivity contribution in [2.75, 3.05) is 0 Å². The van der Waals surface area contributed by atoms with Crippen LogP contribution in [0.5, 0.6) is 17.2 Å². The molecule has 0 bridgehead atoms.